The first-order valence-electron chi connectivity index (χ1n) is 7.24. The number of para-hydroxylation sites is 1. The molecule has 0 bridgehead atoms. The van der Waals surface area contributed by atoms with Gasteiger partial charge in [-0.15, -0.1) is 11.8 Å². The Bertz CT molecular complexity index is 436. The molecule has 1 aromatic carbocycles. The number of ether oxygens (including phenoxy) is 1. The molecular weight excluding hydrogens is 270 g/mol. The number of methoxy groups -OCH3 is 1. The molecule has 0 radical (unpaired) electrons. The van der Waals surface area contributed by atoms with E-state index in [0.717, 1.165) is 17.1 Å². The van der Waals surface area contributed by atoms with Crippen LogP contribution in [0, 0.1) is 0 Å². The van der Waals surface area contributed by atoms with Crippen LogP contribution in [-0.2, 0) is 0 Å². The van der Waals surface area contributed by atoms with Gasteiger partial charge >= 0.3 is 0 Å². The molecule has 20 heavy (non-hydrogen) atoms. The van der Waals surface area contributed by atoms with Crippen LogP contribution in [0.3, 0.4) is 0 Å². The predicted molar refractivity (Wildman–Crippen MR) is 84.6 cm³/mol. The van der Waals surface area contributed by atoms with Crippen molar-refractivity contribution in [2.24, 2.45) is 0 Å². The highest BCUT2D eigenvalue weighted by Crippen LogP contribution is 2.35. The van der Waals surface area contributed by atoms with Crippen LogP contribution in [0.5, 0.6) is 5.75 Å². The van der Waals surface area contributed by atoms with Gasteiger partial charge in [-0.2, -0.15) is 0 Å². The first kappa shape index (κ1) is 15.7. The van der Waals surface area contributed by atoms with Crippen molar-refractivity contribution in [3.63, 3.8) is 0 Å². The minimum Gasteiger partial charge on any atom is -0.496 e. The normalized spacial score (nSPS) is 19.4. The quantitative estimate of drug-likeness (QED) is 0.723. The topological polar surface area (TPSA) is 41.5 Å². The number of hydrogen-bond donors (Lipinski definition) is 2. The van der Waals surface area contributed by atoms with E-state index < -0.39 is 0 Å². The fourth-order valence-electron chi connectivity index (χ4n) is 2.50. The lowest BCUT2D eigenvalue weighted by atomic mass is 9.97. The molecule has 0 saturated heterocycles. The van der Waals surface area contributed by atoms with E-state index in [1.807, 2.05) is 30.0 Å². The average Bonchev–Trinajstić information content (AvgIpc) is 3.22. The average molecular weight is 295 g/mol. The molecule has 1 aromatic rings. The van der Waals surface area contributed by atoms with E-state index in [0.29, 0.717) is 11.3 Å². The van der Waals surface area contributed by atoms with Gasteiger partial charge in [-0.25, -0.2) is 0 Å². The molecular formula is C16H25NO2S. The van der Waals surface area contributed by atoms with Crippen LogP contribution in [0.15, 0.2) is 29.2 Å². The maximum absolute atomic E-state index is 9.68. The molecule has 1 fully saturated rings. The van der Waals surface area contributed by atoms with Crippen LogP contribution in [0.1, 0.15) is 33.1 Å². The van der Waals surface area contributed by atoms with Crippen molar-refractivity contribution in [1.29, 1.82) is 0 Å². The Hall–Kier alpha value is -0.710. The van der Waals surface area contributed by atoms with Gasteiger partial charge in [0, 0.05) is 21.7 Å². The molecule has 2 atom stereocenters. The second-order valence-corrected chi connectivity index (χ2v) is 7.40. The van der Waals surface area contributed by atoms with Crippen LogP contribution < -0.4 is 10.1 Å². The van der Waals surface area contributed by atoms with Crippen molar-refractivity contribution >= 4 is 11.8 Å². The maximum atomic E-state index is 9.68. The third-order valence-corrected chi connectivity index (χ3v) is 4.77. The van der Waals surface area contributed by atoms with Crippen molar-refractivity contribution in [3.05, 3.63) is 24.3 Å². The molecule has 112 valence electrons. The van der Waals surface area contributed by atoms with Gasteiger partial charge < -0.3 is 15.2 Å². The third-order valence-electron chi connectivity index (χ3n) is 3.61. The van der Waals surface area contributed by atoms with Gasteiger partial charge in [0.25, 0.3) is 0 Å². The molecule has 0 spiro atoms. The molecule has 0 amide bonds. The number of hydrogen-bond acceptors (Lipinski definition) is 4. The Kier molecular flexibility index (Phi) is 5.35. The lowest BCUT2D eigenvalue weighted by molar-refractivity contribution is 0.164. The number of aliphatic hydroxyl groups excluding tert-OH is 1. The molecule has 2 N–H and O–H groups in total. The maximum Gasteiger partial charge on any atom is 0.132 e. The first-order chi connectivity index (χ1) is 9.56. The van der Waals surface area contributed by atoms with Crippen molar-refractivity contribution in [2.75, 3.05) is 13.7 Å². The van der Waals surface area contributed by atoms with Gasteiger partial charge in [0.2, 0.25) is 0 Å². The van der Waals surface area contributed by atoms with E-state index in [4.69, 9.17) is 4.74 Å². The number of aliphatic hydroxyl groups is 1. The van der Waals surface area contributed by atoms with Crippen LogP contribution in [0.25, 0.3) is 0 Å². The summed E-state index contributed by atoms with van der Waals surface area (Å²) in [5, 5.41) is 13.7. The number of thioether (sulfide) groups is 1. The monoisotopic (exact) mass is 295 g/mol. The van der Waals surface area contributed by atoms with Crippen LogP contribution in [-0.4, -0.2) is 35.7 Å². The summed E-state index contributed by atoms with van der Waals surface area (Å²) in [5.41, 5.74) is -0.185. The van der Waals surface area contributed by atoms with Gasteiger partial charge in [-0.3, -0.25) is 0 Å². The van der Waals surface area contributed by atoms with Crippen LogP contribution >= 0.6 is 11.8 Å². The summed E-state index contributed by atoms with van der Waals surface area (Å²) < 4.78 is 5.39. The van der Waals surface area contributed by atoms with Crippen molar-refractivity contribution in [3.8, 4) is 5.75 Å². The summed E-state index contributed by atoms with van der Waals surface area (Å²) in [4.78, 5) is 1.16. The summed E-state index contributed by atoms with van der Waals surface area (Å²) in [6.45, 7) is 4.50. The number of rotatable bonds is 8. The van der Waals surface area contributed by atoms with Crippen LogP contribution in [0.2, 0.25) is 0 Å². The van der Waals surface area contributed by atoms with E-state index >= 15 is 0 Å². The minimum absolute atomic E-state index is 0.181. The Morgan fingerprint density at radius 2 is 2.15 bits per heavy atom. The van der Waals surface area contributed by atoms with Crippen LogP contribution in [0.4, 0.5) is 0 Å². The van der Waals surface area contributed by atoms with E-state index in [9.17, 15) is 5.11 Å². The molecule has 1 aliphatic carbocycles. The van der Waals surface area contributed by atoms with E-state index in [-0.39, 0.29) is 12.1 Å². The fourth-order valence-corrected chi connectivity index (χ4v) is 3.81. The summed E-state index contributed by atoms with van der Waals surface area (Å²) in [5.74, 6) is 0.921. The van der Waals surface area contributed by atoms with Gasteiger partial charge in [0.1, 0.15) is 5.75 Å². The zero-order valence-corrected chi connectivity index (χ0v) is 13.4. The minimum atomic E-state index is -0.185. The number of nitrogens with one attached hydrogen (secondary N) is 1. The molecule has 3 nitrogen and oxygen atoms in total. The summed E-state index contributed by atoms with van der Waals surface area (Å²) in [6, 6.07) is 8.70. The van der Waals surface area contributed by atoms with Gasteiger partial charge in [0.05, 0.1) is 13.7 Å². The Labute approximate surface area is 126 Å². The summed E-state index contributed by atoms with van der Waals surface area (Å²) >= 11 is 1.81. The Morgan fingerprint density at radius 3 is 2.75 bits per heavy atom. The SMILES string of the molecule is COc1ccccc1SC(C)CC(C)(CO)NC1CC1. The summed E-state index contributed by atoms with van der Waals surface area (Å²) in [7, 11) is 1.70. The largest absolute Gasteiger partial charge is 0.496 e. The Balaban J connectivity index is 1.94. The second-order valence-electron chi connectivity index (χ2n) is 5.92. The van der Waals surface area contributed by atoms with Gasteiger partial charge in [-0.05, 0) is 38.3 Å². The molecule has 1 saturated carbocycles. The molecule has 2 rings (SSSR count). The highest BCUT2D eigenvalue weighted by Gasteiger charge is 2.33. The molecule has 0 aromatic heterocycles. The van der Waals surface area contributed by atoms with Crippen molar-refractivity contribution in [1.82, 2.24) is 5.32 Å². The molecule has 0 heterocycles. The molecule has 1 aliphatic rings. The Morgan fingerprint density at radius 1 is 1.45 bits per heavy atom. The van der Waals surface area contributed by atoms with Crippen molar-refractivity contribution < 1.29 is 9.84 Å². The van der Waals surface area contributed by atoms with E-state index in [2.05, 4.69) is 25.2 Å². The summed E-state index contributed by atoms with van der Waals surface area (Å²) in [6.07, 6.45) is 3.41. The predicted octanol–water partition coefficient (Wildman–Crippen LogP) is 3.07. The second kappa shape index (κ2) is 6.83. The lowest BCUT2D eigenvalue weighted by Gasteiger charge is -2.31. The smallest absolute Gasteiger partial charge is 0.132 e. The molecule has 4 heteroatoms. The highest BCUT2D eigenvalue weighted by molar-refractivity contribution is 8.00. The standard InChI is InChI=1S/C16H25NO2S/c1-12(10-16(2,11-18)17-13-8-9-13)20-15-7-5-4-6-14(15)19-3/h4-7,12-13,17-18H,8-11H2,1-3H3. The van der Waals surface area contributed by atoms with E-state index in [1.165, 1.54) is 12.8 Å². The third kappa shape index (κ3) is 4.40. The number of benzene rings is 1. The van der Waals surface area contributed by atoms with Gasteiger partial charge in [0.15, 0.2) is 0 Å². The van der Waals surface area contributed by atoms with E-state index in [1.54, 1.807) is 7.11 Å². The zero-order chi connectivity index (χ0) is 14.6. The highest BCUT2D eigenvalue weighted by atomic mass is 32.2. The lowest BCUT2D eigenvalue weighted by Crippen LogP contribution is -2.48. The fraction of sp³-hybridized carbons (Fsp3) is 0.625. The van der Waals surface area contributed by atoms with Crippen molar-refractivity contribution in [2.45, 2.75) is 54.8 Å². The van der Waals surface area contributed by atoms with Gasteiger partial charge in [-0.1, -0.05) is 19.1 Å². The molecule has 2 unspecified atom stereocenters. The first-order valence-corrected chi connectivity index (χ1v) is 8.12. The molecule has 0 aliphatic heterocycles. The zero-order valence-electron chi connectivity index (χ0n) is 12.6.